The van der Waals surface area contributed by atoms with E-state index < -0.39 is 5.97 Å². The van der Waals surface area contributed by atoms with Crippen molar-refractivity contribution in [2.45, 2.75) is 19.5 Å². The maximum absolute atomic E-state index is 12.6. The summed E-state index contributed by atoms with van der Waals surface area (Å²) in [5.74, 6) is -1.32. The topological polar surface area (TPSA) is 121 Å². The number of aromatic nitrogens is 4. The second-order valence-electron chi connectivity index (χ2n) is 6.09. The smallest absolute Gasteiger partial charge is 0.356 e. The normalized spacial score (nSPS) is 13.6. The van der Waals surface area contributed by atoms with E-state index in [1.54, 1.807) is 29.2 Å². The first-order chi connectivity index (χ1) is 12.5. The molecule has 1 aromatic carbocycles. The summed E-state index contributed by atoms with van der Waals surface area (Å²) in [6.07, 6.45) is 1.78. The van der Waals surface area contributed by atoms with E-state index >= 15 is 0 Å². The summed E-state index contributed by atoms with van der Waals surface area (Å²) >= 11 is 0. The standard InChI is InChI=1S/C17H15N5O4/c23-14(8-22-9-18-12-4-2-1-3-11(12)16(22)24)21-6-5-10-13(7-21)19-20-15(10)17(25)26/h1-4,9H,5-8H2,(H,19,20)(H,25,26). The molecule has 3 heterocycles. The Morgan fingerprint density at radius 2 is 2.08 bits per heavy atom. The van der Waals surface area contributed by atoms with Crippen LogP contribution >= 0.6 is 0 Å². The van der Waals surface area contributed by atoms with Gasteiger partial charge in [-0.1, -0.05) is 12.1 Å². The summed E-state index contributed by atoms with van der Waals surface area (Å²) in [7, 11) is 0. The summed E-state index contributed by atoms with van der Waals surface area (Å²) in [5.41, 5.74) is 1.57. The maximum Gasteiger partial charge on any atom is 0.356 e. The first-order valence-corrected chi connectivity index (χ1v) is 8.06. The van der Waals surface area contributed by atoms with Gasteiger partial charge in [-0.2, -0.15) is 5.10 Å². The Bertz CT molecular complexity index is 1080. The van der Waals surface area contributed by atoms with Crippen molar-refractivity contribution in [2.75, 3.05) is 6.54 Å². The van der Waals surface area contributed by atoms with E-state index in [9.17, 15) is 14.4 Å². The van der Waals surface area contributed by atoms with Gasteiger partial charge in [0.2, 0.25) is 5.91 Å². The van der Waals surface area contributed by atoms with Crippen molar-refractivity contribution in [3.05, 3.63) is 57.9 Å². The van der Waals surface area contributed by atoms with Gasteiger partial charge in [-0.25, -0.2) is 9.78 Å². The first kappa shape index (κ1) is 16.0. The van der Waals surface area contributed by atoms with Crippen LogP contribution in [-0.2, 0) is 24.3 Å². The van der Waals surface area contributed by atoms with Gasteiger partial charge in [0.25, 0.3) is 5.56 Å². The maximum atomic E-state index is 12.6. The average molecular weight is 353 g/mol. The van der Waals surface area contributed by atoms with Crippen molar-refractivity contribution in [3.8, 4) is 0 Å². The number of fused-ring (bicyclic) bond motifs is 2. The molecular weight excluding hydrogens is 338 g/mol. The molecule has 0 aliphatic carbocycles. The lowest BCUT2D eigenvalue weighted by Crippen LogP contribution is -2.39. The lowest BCUT2D eigenvalue weighted by molar-refractivity contribution is -0.132. The number of carbonyl (C=O) groups is 2. The van der Waals surface area contributed by atoms with Crippen LogP contribution in [-0.4, -0.2) is 48.2 Å². The molecule has 0 spiro atoms. The van der Waals surface area contributed by atoms with Gasteiger partial charge in [-0.05, 0) is 18.6 Å². The molecule has 0 saturated heterocycles. The quantitative estimate of drug-likeness (QED) is 0.703. The van der Waals surface area contributed by atoms with Crippen LogP contribution in [0.3, 0.4) is 0 Å². The molecule has 1 aliphatic rings. The molecule has 2 aromatic heterocycles. The number of amides is 1. The van der Waals surface area contributed by atoms with E-state index in [1.807, 2.05) is 0 Å². The average Bonchev–Trinajstić information content (AvgIpc) is 3.07. The zero-order chi connectivity index (χ0) is 18.3. The van der Waals surface area contributed by atoms with Gasteiger partial charge in [-0.15, -0.1) is 0 Å². The Morgan fingerprint density at radius 3 is 2.88 bits per heavy atom. The number of aromatic amines is 1. The molecule has 0 saturated carbocycles. The Hall–Kier alpha value is -3.49. The predicted molar refractivity (Wildman–Crippen MR) is 90.7 cm³/mol. The summed E-state index contributed by atoms with van der Waals surface area (Å²) in [6, 6.07) is 6.97. The lowest BCUT2D eigenvalue weighted by Gasteiger charge is -2.27. The SMILES string of the molecule is O=C(O)c1n[nH]c2c1CCN(C(=O)Cn1cnc3ccccc3c1=O)C2. The molecule has 9 nitrogen and oxygen atoms in total. The number of aromatic carboxylic acids is 1. The molecule has 26 heavy (non-hydrogen) atoms. The Morgan fingerprint density at radius 1 is 1.27 bits per heavy atom. The van der Waals surface area contributed by atoms with Crippen LogP contribution in [0.1, 0.15) is 21.7 Å². The number of carboxylic acids is 1. The van der Waals surface area contributed by atoms with Crippen molar-refractivity contribution >= 4 is 22.8 Å². The number of H-pyrrole nitrogens is 1. The monoisotopic (exact) mass is 353 g/mol. The predicted octanol–water partition coefficient (Wildman–Crippen LogP) is 0.403. The van der Waals surface area contributed by atoms with E-state index in [4.69, 9.17) is 5.11 Å². The molecule has 1 aliphatic heterocycles. The van der Waals surface area contributed by atoms with Crippen LogP contribution in [0.5, 0.6) is 0 Å². The number of hydrogen-bond donors (Lipinski definition) is 2. The Kier molecular flexibility index (Phi) is 3.76. The third-order valence-corrected chi connectivity index (χ3v) is 4.53. The van der Waals surface area contributed by atoms with E-state index in [-0.39, 0.29) is 30.2 Å². The van der Waals surface area contributed by atoms with Gasteiger partial charge < -0.3 is 10.0 Å². The second-order valence-corrected chi connectivity index (χ2v) is 6.09. The first-order valence-electron chi connectivity index (χ1n) is 8.06. The fraction of sp³-hybridized carbons (Fsp3) is 0.235. The third-order valence-electron chi connectivity index (χ3n) is 4.53. The molecule has 0 bridgehead atoms. The summed E-state index contributed by atoms with van der Waals surface area (Å²) in [4.78, 5) is 42.0. The van der Waals surface area contributed by atoms with Crippen molar-refractivity contribution in [2.24, 2.45) is 0 Å². The highest BCUT2D eigenvalue weighted by molar-refractivity contribution is 5.87. The van der Waals surface area contributed by atoms with Crippen LogP contribution in [0.2, 0.25) is 0 Å². The molecule has 132 valence electrons. The van der Waals surface area contributed by atoms with E-state index in [2.05, 4.69) is 15.2 Å². The zero-order valence-electron chi connectivity index (χ0n) is 13.7. The molecule has 0 radical (unpaired) electrons. The number of hydrogen-bond acceptors (Lipinski definition) is 5. The Labute approximate surface area is 146 Å². The highest BCUT2D eigenvalue weighted by Gasteiger charge is 2.27. The lowest BCUT2D eigenvalue weighted by atomic mass is 10.0. The van der Waals surface area contributed by atoms with Crippen LogP contribution in [0, 0.1) is 0 Å². The van der Waals surface area contributed by atoms with Gasteiger partial charge in [0.15, 0.2) is 5.69 Å². The van der Waals surface area contributed by atoms with E-state index in [0.29, 0.717) is 35.1 Å². The number of benzene rings is 1. The van der Waals surface area contributed by atoms with Crippen LogP contribution in [0.15, 0.2) is 35.4 Å². The molecular formula is C17H15N5O4. The molecule has 0 unspecified atom stereocenters. The van der Waals surface area contributed by atoms with Gasteiger partial charge >= 0.3 is 5.97 Å². The minimum absolute atomic E-state index is 0.00190. The minimum atomic E-state index is -1.09. The summed E-state index contributed by atoms with van der Waals surface area (Å²) in [6.45, 7) is 0.498. The minimum Gasteiger partial charge on any atom is -0.476 e. The second kappa shape index (κ2) is 6.10. The van der Waals surface area contributed by atoms with Gasteiger partial charge in [-0.3, -0.25) is 19.3 Å². The molecule has 1 amide bonds. The number of rotatable bonds is 3. The zero-order valence-corrected chi connectivity index (χ0v) is 13.7. The van der Waals surface area contributed by atoms with Crippen LogP contribution in [0.4, 0.5) is 0 Å². The van der Waals surface area contributed by atoms with E-state index in [1.165, 1.54) is 10.9 Å². The third kappa shape index (κ3) is 2.63. The fourth-order valence-corrected chi connectivity index (χ4v) is 3.17. The highest BCUT2D eigenvalue weighted by Crippen LogP contribution is 2.20. The number of para-hydroxylation sites is 1. The molecule has 4 rings (SSSR count). The fourth-order valence-electron chi connectivity index (χ4n) is 3.17. The molecule has 3 aromatic rings. The van der Waals surface area contributed by atoms with Gasteiger partial charge in [0.1, 0.15) is 6.54 Å². The van der Waals surface area contributed by atoms with Crippen LogP contribution in [0.25, 0.3) is 10.9 Å². The van der Waals surface area contributed by atoms with Crippen molar-refractivity contribution < 1.29 is 14.7 Å². The molecule has 2 N–H and O–H groups in total. The van der Waals surface area contributed by atoms with Crippen molar-refractivity contribution in [1.29, 1.82) is 0 Å². The van der Waals surface area contributed by atoms with Crippen molar-refractivity contribution in [1.82, 2.24) is 24.6 Å². The number of nitrogens with one attached hydrogen (secondary N) is 1. The molecule has 9 heteroatoms. The number of carbonyl (C=O) groups excluding carboxylic acids is 1. The van der Waals surface area contributed by atoms with Gasteiger partial charge in [0, 0.05) is 12.1 Å². The Balaban J connectivity index is 1.55. The van der Waals surface area contributed by atoms with E-state index in [0.717, 1.165) is 0 Å². The van der Waals surface area contributed by atoms with Crippen LogP contribution < -0.4 is 5.56 Å². The summed E-state index contributed by atoms with van der Waals surface area (Å²) in [5, 5.41) is 16.1. The molecule has 0 fully saturated rings. The van der Waals surface area contributed by atoms with Crippen molar-refractivity contribution in [3.63, 3.8) is 0 Å². The van der Waals surface area contributed by atoms with Gasteiger partial charge in [0.05, 0.1) is 29.5 Å². The molecule has 0 atom stereocenters. The largest absolute Gasteiger partial charge is 0.476 e. The number of carboxylic acid groups (broad SMARTS) is 1. The highest BCUT2D eigenvalue weighted by atomic mass is 16.4. The summed E-state index contributed by atoms with van der Waals surface area (Å²) < 4.78 is 1.29. The number of nitrogens with zero attached hydrogens (tertiary/aromatic N) is 4.